The number of hydrogen-bond donors (Lipinski definition) is 1. The van der Waals surface area contributed by atoms with E-state index in [1.54, 1.807) is 13.1 Å². The summed E-state index contributed by atoms with van der Waals surface area (Å²) in [6.07, 6.45) is -0.363. The van der Waals surface area contributed by atoms with Gasteiger partial charge in [0, 0.05) is 18.7 Å². The number of rotatable bonds is 0. The quantitative estimate of drug-likeness (QED) is 0.633. The van der Waals surface area contributed by atoms with Crippen molar-refractivity contribution in [2.75, 3.05) is 12.5 Å². The first-order valence-electron chi connectivity index (χ1n) is 8.61. The highest BCUT2D eigenvalue weighted by atomic mass is 16.7. The van der Waals surface area contributed by atoms with Crippen molar-refractivity contribution in [3.8, 4) is 34.7 Å². The lowest BCUT2D eigenvalue weighted by Crippen LogP contribution is -2.13. The summed E-state index contributed by atoms with van der Waals surface area (Å²) in [6, 6.07) is 9.54. The highest BCUT2D eigenvalue weighted by Crippen LogP contribution is 2.37. The largest absolute Gasteiger partial charge is 0.482 e. The van der Waals surface area contributed by atoms with Gasteiger partial charge in [0.25, 0.3) is 0 Å². The summed E-state index contributed by atoms with van der Waals surface area (Å²) < 4.78 is 19.0. The monoisotopic (exact) mass is 378 g/mol. The molecule has 142 valence electrons. The summed E-state index contributed by atoms with van der Waals surface area (Å²) in [5.74, 6) is 1.33. The van der Waals surface area contributed by atoms with Gasteiger partial charge in [-0.05, 0) is 26.0 Å². The van der Waals surface area contributed by atoms with Crippen LogP contribution in [-0.2, 0) is 7.05 Å². The van der Waals surface area contributed by atoms with Crippen LogP contribution in [-0.4, -0.2) is 26.8 Å². The molecule has 0 spiro atoms. The van der Waals surface area contributed by atoms with Gasteiger partial charge >= 0.3 is 0 Å². The third-order valence-electron chi connectivity index (χ3n) is 4.48. The fourth-order valence-corrected chi connectivity index (χ4v) is 3.08. The first-order valence-corrected chi connectivity index (χ1v) is 8.61. The van der Waals surface area contributed by atoms with E-state index in [0.717, 1.165) is 11.1 Å². The van der Waals surface area contributed by atoms with E-state index in [-0.39, 0.29) is 30.3 Å². The molecule has 9 nitrogen and oxygen atoms in total. The molecule has 9 heteroatoms. The number of nitrogen functional groups attached to an aromatic ring is 1. The molecule has 0 unspecified atom stereocenters. The lowest BCUT2D eigenvalue weighted by molar-refractivity contribution is 0.110. The molecule has 1 aliphatic heterocycles. The van der Waals surface area contributed by atoms with Gasteiger partial charge < -0.3 is 19.9 Å². The Kier molecular flexibility index (Phi) is 4.24. The Morgan fingerprint density at radius 2 is 2.04 bits per heavy atom. The summed E-state index contributed by atoms with van der Waals surface area (Å²) in [7, 11) is 1.65. The Morgan fingerprint density at radius 3 is 2.82 bits per heavy atom. The van der Waals surface area contributed by atoms with Gasteiger partial charge in [-0.2, -0.15) is 5.26 Å². The molecular weight excluding hydrogens is 360 g/mol. The first kappa shape index (κ1) is 17.6. The standard InChI is InChI=1S/C19H18N6O3/c1-10-4-5-15-12(6-10)11(2)28-16-7-13(22-23-18(16)21)17-14(8-20)25(3)24-19(17)27-9-26-15/h4-7,11H,9H2,1-3H3,(H2,21,23)/t11-/m1/s1. The Labute approximate surface area is 161 Å². The number of nitrogens with zero attached hydrogens (tertiary/aromatic N) is 5. The number of aryl methyl sites for hydroxylation is 2. The molecule has 2 bridgehead atoms. The van der Waals surface area contributed by atoms with Crippen molar-refractivity contribution >= 4 is 5.82 Å². The first-order chi connectivity index (χ1) is 13.5. The Balaban J connectivity index is 1.90. The minimum absolute atomic E-state index is 0.0904. The van der Waals surface area contributed by atoms with Crippen molar-refractivity contribution in [2.24, 2.45) is 7.05 Å². The topological polar surface area (TPSA) is 121 Å². The molecule has 1 aromatic carbocycles. The maximum atomic E-state index is 9.53. The summed E-state index contributed by atoms with van der Waals surface area (Å²) in [6.45, 7) is 3.79. The van der Waals surface area contributed by atoms with E-state index in [9.17, 15) is 5.26 Å². The average molecular weight is 378 g/mol. The molecule has 2 aromatic heterocycles. The number of nitriles is 1. The third-order valence-corrected chi connectivity index (χ3v) is 4.48. The fourth-order valence-electron chi connectivity index (χ4n) is 3.08. The number of nitrogens with two attached hydrogens (primary N) is 1. The van der Waals surface area contributed by atoms with Gasteiger partial charge in [-0.1, -0.05) is 11.6 Å². The van der Waals surface area contributed by atoms with Crippen LogP contribution in [0.1, 0.15) is 29.8 Å². The van der Waals surface area contributed by atoms with Crippen LogP contribution in [0, 0.1) is 18.3 Å². The van der Waals surface area contributed by atoms with Crippen LogP contribution < -0.4 is 19.9 Å². The molecular formula is C19H18N6O3. The van der Waals surface area contributed by atoms with Crippen molar-refractivity contribution in [3.63, 3.8) is 0 Å². The normalized spacial score (nSPS) is 15.4. The van der Waals surface area contributed by atoms with Crippen molar-refractivity contribution in [1.29, 1.82) is 5.26 Å². The summed E-state index contributed by atoms with van der Waals surface area (Å²) in [5.41, 5.74) is 8.95. The molecule has 28 heavy (non-hydrogen) atoms. The van der Waals surface area contributed by atoms with Crippen LogP contribution in [0.25, 0.3) is 11.3 Å². The van der Waals surface area contributed by atoms with Crippen LogP contribution in [0.3, 0.4) is 0 Å². The van der Waals surface area contributed by atoms with Crippen molar-refractivity contribution in [2.45, 2.75) is 20.0 Å². The smallest absolute Gasteiger partial charge is 0.246 e. The summed E-state index contributed by atoms with van der Waals surface area (Å²) in [5, 5.41) is 21.9. The van der Waals surface area contributed by atoms with E-state index >= 15 is 0 Å². The fraction of sp³-hybridized carbons (Fsp3) is 0.263. The van der Waals surface area contributed by atoms with Gasteiger partial charge in [-0.25, -0.2) is 0 Å². The van der Waals surface area contributed by atoms with Crippen LogP contribution >= 0.6 is 0 Å². The van der Waals surface area contributed by atoms with Crippen LogP contribution in [0.15, 0.2) is 24.3 Å². The van der Waals surface area contributed by atoms with Crippen LogP contribution in [0.4, 0.5) is 5.82 Å². The van der Waals surface area contributed by atoms with Crippen LogP contribution in [0.5, 0.6) is 17.4 Å². The minimum atomic E-state index is -0.363. The van der Waals surface area contributed by atoms with Gasteiger partial charge in [0.2, 0.25) is 12.7 Å². The highest BCUT2D eigenvalue weighted by Gasteiger charge is 2.24. The Hall–Kier alpha value is -3.80. The lowest BCUT2D eigenvalue weighted by atomic mass is 10.1. The zero-order chi connectivity index (χ0) is 19.8. The van der Waals surface area contributed by atoms with Gasteiger partial charge in [0.15, 0.2) is 17.3 Å². The molecule has 0 amide bonds. The van der Waals surface area contributed by atoms with E-state index in [4.69, 9.17) is 19.9 Å². The van der Waals surface area contributed by atoms with Gasteiger partial charge in [0.05, 0.1) is 0 Å². The number of ether oxygens (including phenoxy) is 3. The Morgan fingerprint density at radius 1 is 1.21 bits per heavy atom. The molecule has 0 radical (unpaired) electrons. The van der Waals surface area contributed by atoms with E-state index in [2.05, 4.69) is 21.4 Å². The molecule has 3 heterocycles. The van der Waals surface area contributed by atoms with E-state index in [1.165, 1.54) is 4.68 Å². The molecule has 0 saturated heterocycles. The van der Waals surface area contributed by atoms with E-state index < -0.39 is 0 Å². The zero-order valence-electron chi connectivity index (χ0n) is 15.6. The van der Waals surface area contributed by atoms with Gasteiger partial charge in [-0.15, -0.1) is 15.3 Å². The molecule has 1 aliphatic rings. The molecule has 2 N–H and O–H groups in total. The summed E-state index contributed by atoms with van der Waals surface area (Å²) >= 11 is 0. The maximum absolute atomic E-state index is 9.53. The number of fused-ring (bicyclic) bond motifs is 5. The number of benzene rings is 1. The predicted octanol–water partition coefficient (Wildman–Crippen LogP) is 2.51. The van der Waals surface area contributed by atoms with E-state index in [0.29, 0.717) is 22.8 Å². The van der Waals surface area contributed by atoms with Gasteiger partial charge in [-0.3, -0.25) is 4.68 Å². The minimum Gasteiger partial charge on any atom is -0.482 e. The second kappa shape index (κ2) is 6.74. The number of anilines is 1. The molecule has 0 saturated carbocycles. The number of hydrogen-bond acceptors (Lipinski definition) is 8. The van der Waals surface area contributed by atoms with Gasteiger partial charge in [0.1, 0.15) is 29.2 Å². The highest BCUT2D eigenvalue weighted by molar-refractivity contribution is 5.73. The van der Waals surface area contributed by atoms with Crippen molar-refractivity contribution in [3.05, 3.63) is 41.1 Å². The molecule has 0 aliphatic carbocycles. The van der Waals surface area contributed by atoms with Crippen molar-refractivity contribution in [1.82, 2.24) is 20.0 Å². The maximum Gasteiger partial charge on any atom is 0.246 e. The zero-order valence-corrected chi connectivity index (χ0v) is 15.6. The second-order valence-corrected chi connectivity index (χ2v) is 6.45. The molecule has 0 fully saturated rings. The van der Waals surface area contributed by atoms with Crippen molar-refractivity contribution < 1.29 is 14.2 Å². The summed E-state index contributed by atoms with van der Waals surface area (Å²) in [4.78, 5) is 0. The second-order valence-electron chi connectivity index (χ2n) is 6.45. The predicted molar refractivity (Wildman–Crippen MR) is 99.7 cm³/mol. The molecule has 4 rings (SSSR count). The SMILES string of the molecule is Cc1ccc2c(c1)[C@@H](C)Oc1cc(nnc1N)-c1c(nn(C)c1C#N)OCO2. The van der Waals surface area contributed by atoms with Crippen LogP contribution in [0.2, 0.25) is 0 Å². The van der Waals surface area contributed by atoms with E-state index in [1.807, 2.05) is 32.0 Å². The molecule has 1 atom stereocenters. The third kappa shape index (κ3) is 2.95. The Bertz CT molecular complexity index is 1100. The lowest BCUT2D eigenvalue weighted by Gasteiger charge is -2.21. The number of aromatic nitrogens is 4. The molecule has 3 aromatic rings. The average Bonchev–Trinajstić information content (AvgIpc) is 2.99.